The number of hydrogen-bond acceptors (Lipinski definition) is 3. The largest absolute Gasteiger partial charge is 0.338 e. The summed E-state index contributed by atoms with van der Waals surface area (Å²) >= 11 is 0. The van der Waals surface area contributed by atoms with Crippen molar-refractivity contribution in [1.82, 2.24) is 10.2 Å². The van der Waals surface area contributed by atoms with Crippen molar-refractivity contribution in [2.75, 3.05) is 19.8 Å². The minimum Gasteiger partial charge on any atom is -0.338 e. The minimum absolute atomic E-state index is 0.134. The van der Waals surface area contributed by atoms with Crippen LogP contribution in [0.5, 0.6) is 0 Å². The third-order valence-corrected chi connectivity index (χ3v) is 4.48. The highest BCUT2D eigenvalue weighted by Crippen LogP contribution is 2.20. The number of carbonyl (C=O) groups excluding carboxylic acids is 1. The van der Waals surface area contributed by atoms with Gasteiger partial charge < -0.3 is 10.2 Å². The van der Waals surface area contributed by atoms with E-state index < -0.39 is 9.84 Å². The van der Waals surface area contributed by atoms with Crippen molar-refractivity contribution in [2.45, 2.75) is 31.7 Å². The Hall–Kier alpha value is -1.56. The molecule has 0 bridgehead atoms. The van der Waals surface area contributed by atoms with Crippen LogP contribution in [0.15, 0.2) is 29.2 Å². The molecule has 21 heavy (non-hydrogen) atoms. The Morgan fingerprint density at radius 3 is 2.14 bits per heavy atom. The van der Waals surface area contributed by atoms with Crippen LogP contribution in [0.4, 0.5) is 4.79 Å². The molecular formula is C15H24N2O3S. The lowest BCUT2D eigenvalue weighted by Gasteiger charge is -2.26. The number of hydrogen-bond donors (Lipinski definition) is 1. The second kappa shape index (κ2) is 6.93. The fourth-order valence-corrected chi connectivity index (χ4v) is 2.44. The van der Waals surface area contributed by atoms with E-state index in [4.69, 9.17) is 0 Å². The topological polar surface area (TPSA) is 66.5 Å². The highest BCUT2D eigenvalue weighted by molar-refractivity contribution is 7.90. The summed E-state index contributed by atoms with van der Waals surface area (Å²) in [5, 5.41) is 2.86. The van der Waals surface area contributed by atoms with Crippen LogP contribution in [0.2, 0.25) is 0 Å². The van der Waals surface area contributed by atoms with Gasteiger partial charge in [-0.25, -0.2) is 13.2 Å². The molecule has 1 aromatic carbocycles. The SMILES string of the molecule is CC(C)CNC(=O)N(C)C(C)c1ccc(S(C)(=O)=O)cc1. The van der Waals surface area contributed by atoms with E-state index in [1.54, 1.807) is 36.2 Å². The molecule has 1 aromatic rings. The van der Waals surface area contributed by atoms with E-state index in [0.29, 0.717) is 12.5 Å². The third-order valence-electron chi connectivity index (χ3n) is 3.35. The van der Waals surface area contributed by atoms with Gasteiger partial charge in [0, 0.05) is 19.8 Å². The van der Waals surface area contributed by atoms with Gasteiger partial charge in [0.25, 0.3) is 0 Å². The Kier molecular flexibility index (Phi) is 5.78. The van der Waals surface area contributed by atoms with E-state index in [9.17, 15) is 13.2 Å². The Bertz CT molecular complexity index is 579. The van der Waals surface area contributed by atoms with Crippen LogP contribution in [0.25, 0.3) is 0 Å². The number of nitrogens with one attached hydrogen (secondary N) is 1. The molecule has 0 saturated heterocycles. The van der Waals surface area contributed by atoms with Crippen molar-refractivity contribution in [3.63, 3.8) is 0 Å². The zero-order chi connectivity index (χ0) is 16.2. The highest BCUT2D eigenvalue weighted by Gasteiger charge is 2.18. The summed E-state index contributed by atoms with van der Waals surface area (Å²) < 4.78 is 22.9. The molecule has 0 aliphatic rings. The Labute approximate surface area is 127 Å². The van der Waals surface area contributed by atoms with Crippen LogP contribution in [-0.2, 0) is 9.84 Å². The summed E-state index contributed by atoms with van der Waals surface area (Å²) in [6.07, 6.45) is 1.18. The monoisotopic (exact) mass is 312 g/mol. The first-order valence-corrected chi connectivity index (χ1v) is 8.82. The molecule has 0 aliphatic carbocycles. The molecule has 1 rings (SSSR count). The number of carbonyl (C=O) groups is 1. The summed E-state index contributed by atoms with van der Waals surface area (Å²) in [7, 11) is -1.47. The van der Waals surface area contributed by atoms with Gasteiger partial charge in [-0.2, -0.15) is 0 Å². The van der Waals surface area contributed by atoms with Crippen LogP contribution in [0, 0.1) is 5.92 Å². The van der Waals surface area contributed by atoms with Crippen LogP contribution in [-0.4, -0.2) is 39.2 Å². The zero-order valence-electron chi connectivity index (χ0n) is 13.3. The van der Waals surface area contributed by atoms with Crippen molar-refractivity contribution < 1.29 is 13.2 Å². The van der Waals surface area contributed by atoms with Gasteiger partial charge >= 0.3 is 6.03 Å². The second-order valence-electron chi connectivity index (χ2n) is 5.71. The molecule has 118 valence electrons. The number of urea groups is 1. The molecule has 0 spiro atoms. The predicted molar refractivity (Wildman–Crippen MR) is 84.0 cm³/mol. The van der Waals surface area contributed by atoms with E-state index in [0.717, 1.165) is 5.56 Å². The first-order chi connectivity index (χ1) is 9.62. The molecule has 0 aromatic heterocycles. The maximum absolute atomic E-state index is 12.0. The van der Waals surface area contributed by atoms with E-state index in [1.165, 1.54) is 6.26 Å². The first-order valence-electron chi connectivity index (χ1n) is 6.93. The van der Waals surface area contributed by atoms with Crippen LogP contribution in [0.1, 0.15) is 32.4 Å². The van der Waals surface area contributed by atoms with Gasteiger partial charge in [-0.3, -0.25) is 0 Å². The predicted octanol–water partition coefficient (Wildman–Crippen LogP) is 2.45. The smallest absolute Gasteiger partial charge is 0.317 e. The molecule has 2 amide bonds. The van der Waals surface area contributed by atoms with Gasteiger partial charge in [0.05, 0.1) is 10.9 Å². The Morgan fingerprint density at radius 1 is 1.19 bits per heavy atom. The first kappa shape index (κ1) is 17.5. The minimum atomic E-state index is -3.19. The average Bonchev–Trinajstić information content (AvgIpc) is 2.42. The summed E-state index contributed by atoms with van der Waals surface area (Å²) in [4.78, 5) is 13.9. The molecule has 0 aliphatic heterocycles. The van der Waals surface area contributed by atoms with Gasteiger partial charge in [-0.15, -0.1) is 0 Å². The molecule has 0 saturated carbocycles. The maximum Gasteiger partial charge on any atom is 0.317 e. The van der Waals surface area contributed by atoms with Crippen LogP contribution < -0.4 is 5.32 Å². The Morgan fingerprint density at radius 2 is 1.71 bits per heavy atom. The van der Waals surface area contributed by atoms with Crippen molar-refractivity contribution in [1.29, 1.82) is 0 Å². The van der Waals surface area contributed by atoms with Crippen molar-refractivity contribution in [3.05, 3.63) is 29.8 Å². The lowest BCUT2D eigenvalue weighted by atomic mass is 10.1. The fraction of sp³-hybridized carbons (Fsp3) is 0.533. The van der Waals surface area contributed by atoms with Gasteiger partial charge in [-0.1, -0.05) is 26.0 Å². The van der Waals surface area contributed by atoms with Crippen LogP contribution >= 0.6 is 0 Å². The third kappa shape index (κ3) is 5.04. The maximum atomic E-state index is 12.0. The summed E-state index contributed by atoms with van der Waals surface area (Å²) in [5.41, 5.74) is 0.893. The molecule has 0 heterocycles. The lowest BCUT2D eigenvalue weighted by Crippen LogP contribution is -2.40. The number of amides is 2. The van der Waals surface area contributed by atoms with E-state index in [2.05, 4.69) is 5.32 Å². The van der Waals surface area contributed by atoms with Crippen LogP contribution in [0.3, 0.4) is 0 Å². The molecule has 0 fully saturated rings. The van der Waals surface area contributed by atoms with Gasteiger partial charge in [0.15, 0.2) is 9.84 Å². The fourth-order valence-electron chi connectivity index (χ4n) is 1.81. The molecular weight excluding hydrogens is 288 g/mol. The highest BCUT2D eigenvalue weighted by atomic mass is 32.2. The average molecular weight is 312 g/mol. The summed E-state index contributed by atoms with van der Waals surface area (Å²) in [5.74, 6) is 0.395. The molecule has 1 unspecified atom stereocenters. The summed E-state index contributed by atoms with van der Waals surface area (Å²) in [6, 6.07) is 6.36. The molecule has 1 N–H and O–H groups in total. The summed E-state index contributed by atoms with van der Waals surface area (Å²) in [6.45, 7) is 6.61. The number of sulfone groups is 1. The Balaban J connectivity index is 2.78. The second-order valence-corrected chi connectivity index (χ2v) is 7.72. The van der Waals surface area contributed by atoms with Crippen molar-refractivity contribution in [2.24, 2.45) is 5.92 Å². The normalized spacial score (nSPS) is 13.0. The number of rotatable bonds is 5. The quantitative estimate of drug-likeness (QED) is 0.908. The van der Waals surface area contributed by atoms with Gasteiger partial charge in [0.1, 0.15) is 0 Å². The zero-order valence-corrected chi connectivity index (χ0v) is 14.1. The van der Waals surface area contributed by atoms with E-state index in [-0.39, 0.29) is 17.0 Å². The number of nitrogens with zero attached hydrogens (tertiary/aromatic N) is 1. The van der Waals surface area contributed by atoms with Crippen molar-refractivity contribution in [3.8, 4) is 0 Å². The van der Waals surface area contributed by atoms with E-state index >= 15 is 0 Å². The lowest BCUT2D eigenvalue weighted by molar-refractivity contribution is 0.193. The number of benzene rings is 1. The van der Waals surface area contributed by atoms with Gasteiger partial charge in [-0.05, 0) is 30.5 Å². The molecule has 0 radical (unpaired) electrons. The molecule has 5 nitrogen and oxygen atoms in total. The molecule has 1 atom stereocenters. The standard InChI is InChI=1S/C15H24N2O3S/c1-11(2)10-16-15(18)17(4)12(3)13-6-8-14(9-7-13)21(5,19)20/h6-9,11-12H,10H2,1-5H3,(H,16,18). The molecule has 6 heteroatoms. The van der Waals surface area contributed by atoms with E-state index in [1.807, 2.05) is 20.8 Å². The van der Waals surface area contributed by atoms with Gasteiger partial charge in [0.2, 0.25) is 0 Å². The van der Waals surface area contributed by atoms with Crippen molar-refractivity contribution >= 4 is 15.9 Å².